The Morgan fingerprint density at radius 2 is 1.82 bits per heavy atom. The van der Waals surface area contributed by atoms with Gasteiger partial charge in [-0.25, -0.2) is 13.9 Å². The molecule has 0 aliphatic carbocycles. The van der Waals surface area contributed by atoms with Crippen LogP contribution in [0.3, 0.4) is 0 Å². The molecule has 0 bridgehead atoms. The number of para-hydroxylation sites is 1. The van der Waals surface area contributed by atoms with Crippen LogP contribution < -0.4 is 5.32 Å². The number of aryl methyl sites for hydroxylation is 1. The Labute approximate surface area is 224 Å². The summed E-state index contributed by atoms with van der Waals surface area (Å²) in [6.45, 7) is 2.58. The molecule has 0 spiro atoms. The molecule has 2 aromatic heterocycles. The normalized spacial score (nSPS) is 14.5. The second-order valence-electron chi connectivity index (χ2n) is 9.31. The molecule has 1 aliphatic heterocycles. The first-order valence-corrected chi connectivity index (χ1v) is 12.7. The largest absolute Gasteiger partial charge is 0.334 e. The summed E-state index contributed by atoms with van der Waals surface area (Å²) >= 11 is 6.42. The number of nitrogens with one attached hydrogen (secondary N) is 1. The molecule has 190 valence electrons. The molecule has 2 amide bonds. The maximum Gasteiger partial charge on any atom is 0.318 e. The van der Waals surface area contributed by atoms with Crippen molar-refractivity contribution in [2.45, 2.75) is 26.1 Å². The van der Waals surface area contributed by atoms with Gasteiger partial charge in [-0.1, -0.05) is 54.1 Å². The number of fused-ring (bicyclic) bond motifs is 3. The van der Waals surface area contributed by atoms with E-state index >= 15 is 0 Å². The number of nitrogens with zero attached hydrogens (tertiary/aromatic N) is 4. The Kier molecular flexibility index (Phi) is 6.21. The minimum absolute atomic E-state index is 0.244. The number of aromatic nitrogens is 3. The first kappa shape index (κ1) is 24.0. The van der Waals surface area contributed by atoms with Gasteiger partial charge in [0, 0.05) is 23.3 Å². The maximum absolute atomic E-state index is 13.9. The van der Waals surface area contributed by atoms with Crippen LogP contribution in [-0.4, -0.2) is 25.3 Å². The zero-order valence-corrected chi connectivity index (χ0v) is 21.4. The molecule has 1 atom stereocenters. The van der Waals surface area contributed by atoms with E-state index in [1.165, 1.54) is 12.1 Å². The van der Waals surface area contributed by atoms with Gasteiger partial charge in [-0.05, 0) is 66.6 Å². The number of carbonyl (C=O) groups is 1. The summed E-state index contributed by atoms with van der Waals surface area (Å²) in [6.07, 6.45) is 2.01. The highest BCUT2D eigenvalue weighted by atomic mass is 35.5. The average molecular weight is 526 g/mol. The molecule has 0 saturated heterocycles. The molecule has 3 aromatic carbocycles. The molecule has 6 nitrogen and oxygen atoms in total. The van der Waals surface area contributed by atoms with Crippen LogP contribution in [-0.2, 0) is 13.1 Å². The second-order valence-corrected chi connectivity index (χ2v) is 9.75. The number of carbonyl (C=O) groups excluding carboxylic acids is 1. The minimum atomic E-state index is -0.409. The van der Waals surface area contributed by atoms with Crippen molar-refractivity contribution in [1.29, 1.82) is 0 Å². The number of benzene rings is 3. The fourth-order valence-corrected chi connectivity index (χ4v) is 5.26. The first-order valence-electron chi connectivity index (χ1n) is 12.4. The molecule has 0 saturated carbocycles. The second kappa shape index (κ2) is 9.84. The minimum Gasteiger partial charge on any atom is -0.334 e. The molecule has 6 rings (SSSR count). The van der Waals surface area contributed by atoms with E-state index in [1.54, 1.807) is 12.1 Å². The molecule has 3 heterocycles. The lowest BCUT2D eigenvalue weighted by atomic mass is 10.0. The van der Waals surface area contributed by atoms with Crippen LogP contribution in [0.25, 0.3) is 11.5 Å². The maximum atomic E-state index is 13.9. The van der Waals surface area contributed by atoms with Gasteiger partial charge in [0.1, 0.15) is 11.6 Å². The Hall–Kier alpha value is -4.36. The van der Waals surface area contributed by atoms with Crippen LogP contribution >= 0.6 is 11.6 Å². The van der Waals surface area contributed by atoms with E-state index in [2.05, 4.69) is 9.88 Å². The molecule has 0 fully saturated rings. The molecular weight excluding hydrogens is 501 g/mol. The Morgan fingerprint density at radius 1 is 1.03 bits per heavy atom. The van der Waals surface area contributed by atoms with E-state index < -0.39 is 6.04 Å². The van der Waals surface area contributed by atoms with Crippen molar-refractivity contribution >= 4 is 17.6 Å². The quantitative estimate of drug-likeness (QED) is 0.288. The van der Waals surface area contributed by atoms with Gasteiger partial charge in [-0.3, -0.25) is 0 Å². The molecule has 38 heavy (non-hydrogen) atoms. The third kappa shape index (κ3) is 4.35. The van der Waals surface area contributed by atoms with Crippen molar-refractivity contribution in [1.82, 2.24) is 24.6 Å². The summed E-state index contributed by atoms with van der Waals surface area (Å²) < 4.78 is 17.4. The van der Waals surface area contributed by atoms with Gasteiger partial charge in [0.2, 0.25) is 0 Å². The van der Waals surface area contributed by atoms with Crippen LogP contribution in [0, 0.1) is 12.7 Å². The summed E-state index contributed by atoms with van der Waals surface area (Å²) in [5.74, 6) is 0.586. The summed E-state index contributed by atoms with van der Waals surface area (Å²) in [5, 5.41) is 8.51. The average Bonchev–Trinajstić information content (AvgIpc) is 3.49. The van der Waals surface area contributed by atoms with Gasteiger partial charge in [-0.15, -0.1) is 0 Å². The van der Waals surface area contributed by atoms with Gasteiger partial charge in [0.25, 0.3) is 0 Å². The summed E-state index contributed by atoms with van der Waals surface area (Å²) in [7, 11) is 0. The van der Waals surface area contributed by atoms with Crippen molar-refractivity contribution in [2.24, 2.45) is 0 Å². The molecule has 1 N–H and O–H groups in total. The number of hydrogen-bond donors (Lipinski definition) is 1. The van der Waals surface area contributed by atoms with Crippen molar-refractivity contribution in [3.63, 3.8) is 0 Å². The number of amides is 2. The SMILES string of the molecule is Cc1nn(-c2ccccc2)c2c1CN(C(=O)NCc1ccc(F)cc1)C(c1cccc(Cl)c1)c1cccn1-2. The van der Waals surface area contributed by atoms with E-state index in [4.69, 9.17) is 16.7 Å². The van der Waals surface area contributed by atoms with Crippen LogP contribution in [0.1, 0.15) is 34.1 Å². The van der Waals surface area contributed by atoms with Crippen molar-refractivity contribution < 1.29 is 9.18 Å². The standard InChI is InChI=1S/C30H25ClFN5O/c1-20-26-19-36(30(38)33-18-21-12-14-24(32)15-13-21)28(22-7-5-8-23(31)17-22)27-11-6-16-35(27)29(26)37(34-20)25-9-3-2-4-10-25/h2-17,28H,18-19H2,1H3,(H,33,38). The zero-order valence-electron chi connectivity index (χ0n) is 20.7. The highest BCUT2D eigenvalue weighted by molar-refractivity contribution is 6.30. The Bertz CT molecular complexity index is 1610. The van der Waals surface area contributed by atoms with Gasteiger partial charge in [0.05, 0.1) is 29.7 Å². The number of halogens is 2. The van der Waals surface area contributed by atoms with E-state index in [0.29, 0.717) is 11.6 Å². The third-order valence-corrected chi connectivity index (χ3v) is 7.10. The number of urea groups is 1. The molecular formula is C30H25ClFN5O. The molecule has 0 radical (unpaired) electrons. The number of hydrogen-bond acceptors (Lipinski definition) is 2. The lowest BCUT2D eigenvalue weighted by Gasteiger charge is -2.31. The highest BCUT2D eigenvalue weighted by Gasteiger charge is 2.36. The topological polar surface area (TPSA) is 55.1 Å². The smallest absolute Gasteiger partial charge is 0.318 e. The zero-order chi connectivity index (χ0) is 26.2. The monoisotopic (exact) mass is 525 g/mol. The van der Waals surface area contributed by atoms with Crippen LogP contribution in [0.4, 0.5) is 9.18 Å². The van der Waals surface area contributed by atoms with Crippen molar-refractivity contribution in [3.05, 3.63) is 136 Å². The summed E-state index contributed by atoms with van der Waals surface area (Å²) in [5.41, 5.74) is 5.35. The van der Waals surface area contributed by atoms with E-state index in [-0.39, 0.29) is 18.4 Å². The third-order valence-electron chi connectivity index (χ3n) is 6.87. The van der Waals surface area contributed by atoms with Gasteiger partial charge < -0.3 is 14.8 Å². The van der Waals surface area contributed by atoms with Gasteiger partial charge >= 0.3 is 6.03 Å². The molecule has 8 heteroatoms. The fraction of sp³-hybridized carbons (Fsp3) is 0.133. The lowest BCUT2D eigenvalue weighted by molar-refractivity contribution is 0.180. The van der Waals surface area contributed by atoms with Crippen molar-refractivity contribution in [2.75, 3.05) is 0 Å². The highest BCUT2D eigenvalue weighted by Crippen LogP contribution is 2.39. The lowest BCUT2D eigenvalue weighted by Crippen LogP contribution is -2.41. The Balaban J connectivity index is 1.47. The first-order chi connectivity index (χ1) is 18.5. The predicted molar refractivity (Wildman–Crippen MR) is 145 cm³/mol. The fourth-order valence-electron chi connectivity index (χ4n) is 5.06. The Morgan fingerprint density at radius 3 is 2.58 bits per heavy atom. The molecule has 1 aliphatic rings. The summed E-state index contributed by atoms with van der Waals surface area (Å²) in [6, 6.07) is 27.1. The van der Waals surface area contributed by atoms with Gasteiger partial charge in [-0.2, -0.15) is 5.10 Å². The summed E-state index contributed by atoms with van der Waals surface area (Å²) in [4.78, 5) is 15.7. The van der Waals surface area contributed by atoms with Gasteiger partial charge in [0.15, 0.2) is 0 Å². The predicted octanol–water partition coefficient (Wildman–Crippen LogP) is 6.58. The van der Waals surface area contributed by atoms with E-state index in [0.717, 1.165) is 39.6 Å². The molecule has 1 unspecified atom stereocenters. The number of rotatable bonds is 4. The van der Waals surface area contributed by atoms with E-state index in [9.17, 15) is 9.18 Å². The van der Waals surface area contributed by atoms with Crippen LogP contribution in [0.2, 0.25) is 5.02 Å². The van der Waals surface area contributed by atoms with Crippen molar-refractivity contribution in [3.8, 4) is 11.5 Å². The van der Waals surface area contributed by atoms with Crippen LogP contribution in [0.5, 0.6) is 0 Å². The van der Waals surface area contributed by atoms with Crippen LogP contribution in [0.15, 0.2) is 97.2 Å². The van der Waals surface area contributed by atoms with E-state index in [1.807, 2.05) is 89.4 Å². The molecule has 5 aromatic rings.